The highest BCUT2D eigenvalue weighted by Crippen LogP contribution is 2.44. The van der Waals surface area contributed by atoms with Gasteiger partial charge in [-0.15, -0.1) is 0 Å². The summed E-state index contributed by atoms with van der Waals surface area (Å²) in [7, 11) is 0. The van der Waals surface area contributed by atoms with Crippen molar-refractivity contribution >= 4 is 52.3 Å². The van der Waals surface area contributed by atoms with Gasteiger partial charge in [0.25, 0.3) is 11.8 Å². The minimum atomic E-state index is -1.36. The number of hydrogen-bond acceptors (Lipinski definition) is 13. The Morgan fingerprint density at radius 1 is 0.731 bits per heavy atom. The number of nitrogens with zero attached hydrogens (tertiary/aromatic N) is 2. The number of amides is 2. The quantitative estimate of drug-likeness (QED) is 0.0505. The van der Waals surface area contributed by atoms with E-state index in [0.717, 1.165) is 21.9 Å². The standard InChI is InChI=1S/C33H32N4O15/c34-32(48)17-8-19-24(10-22(17)38)52-25-11-23(39)18(33(35)49)9-20(25)31(19)16-1-2-21(37(14-29(44)45)15-30(46)47)26(7-16)51-6-5-50-4-3-36(12-27(40)41)13-28(42)43/h1-2,7-11,38H,3-6,12-15H2,(H2,34,48)(H2,35,49)(H,40,41)(H,42,43)(H,44,45)(H,46,47). The highest BCUT2D eigenvalue weighted by atomic mass is 16.5. The van der Waals surface area contributed by atoms with Gasteiger partial charge in [-0.05, 0) is 29.8 Å². The van der Waals surface area contributed by atoms with Gasteiger partial charge in [-0.3, -0.25) is 38.5 Å². The van der Waals surface area contributed by atoms with Gasteiger partial charge in [-0.1, -0.05) is 6.07 Å². The molecule has 274 valence electrons. The molecule has 4 rings (SSSR count). The normalized spacial score (nSPS) is 11.1. The summed E-state index contributed by atoms with van der Waals surface area (Å²) in [6.45, 7) is -3.10. The molecule has 0 unspecified atom stereocenters. The fourth-order valence-corrected chi connectivity index (χ4v) is 5.36. The second-order valence-corrected chi connectivity index (χ2v) is 11.2. The van der Waals surface area contributed by atoms with E-state index in [1.807, 2.05) is 0 Å². The first kappa shape index (κ1) is 38.1. The second-order valence-electron chi connectivity index (χ2n) is 11.2. The lowest BCUT2D eigenvalue weighted by Gasteiger charge is -2.25. The summed E-state index contributed by atoms with van der Waals surface area (Å²) in [4.78, 5) is 84.7. The summed E-state index contributed by atoms with van der Waals surface area (Å²) in [6, 6.07) is 8.72. The van der Waals surface area contributed by atoms with Crippen LogP contribution in [0, 0.1) is 0 Å². The maximum absolute atomic E-state index is 12.7. The predicted octanol–water partition coefficient (Wildman–Crippen LogP) is 0.310. The molecule has 19 nitrogen and oxygen atoms in total. The minimum absolute atomic E-state index is 0.0191. The van der Waals surface area contributed by atoms with E-state index in [1.54, 1.807) is 0 Å². The molecule has 0 fully saturated rings. The van der Waals surface area contributed by atoms with Crippen LogP contribution in [-0.4, -0.2) is 119 Å². The number of aliphatic carboxylic acids is 4. The van der Waals surface area contributed by atoms with Crippen LogP contribution >= 0.6 is 0 Å². The molecule has 1 heterocycles. The molecule has 0 spiro atoms. The maximum atomic E-state index is 12.7. The molecular weight excluding hydrogens is 692 g/mol. The summed E-state index contributed by atoms with van der Waals surface area (Å²) in [5, 5.41) is 47.7. The number of carbonyl (C=O) groups excluding carboxylic acids is 2. The Morgan fingerprint density at radius 2 is 1.35 bits per heavy atom. The van der Waals surface area contributed by atoms with Crippen molar-refractivity contribution in [2.75, 3.05) is 57.4 Å². The van der Waals surface area contributed by atoms with E-state index >= 15 is 0 Å². The number of fused-ring (bicyclic) bond motifs is 2. The zero-order valence-electron chi connectivity index (χ0n) is 27.1. The summed E-state index contributed by atoms with van der Waals surface area (Å²) in [5.41, 5.74) is 10.1. The number of ether oxygens (including phenoxy) is 2. The molecule has 1 aliphatic carbocycles. The average molecular weight is 725 g/mol. The zero-order chi connectivity index (χ0) is 38.3. The number of rotatable bonds is 19. The van der Waals surface area contributed by atoms with Crippen molar-refractivity contribution in [3.8, 4) is 33.9 Å². The molecule has 0 saturated heterocycles. The van der Waals surface area contributed by atoms with Gasteiger partial charge in [0.2, 0.25) is 0 Å². The number of primary amides is 2. The molecule has 0 aromatic heterocycles. The van der Waals surface area contributed by atoms with Crippen LogP contribution in [0.15, 0.2) is 51.7 Å². The highest BCUT2D eigenvalue weighted by molar-refractivity contribution is 6.08. The average Bonchev–Trinajstić information content (AvgIpc) is 3.03. The maximum Gasteiger partial charge on any atom is 0.323 e. The third-order valence-electron chi connectivity index (χ3n) is 7.47. The largest absolute Gasteiger partial charge is 0.507 e. The van der Waals surface area contributed by atoms with Crippen LogP contribution in [0.3, 0.4) is 0 Å². The number of anilines is 1. The van der Waals surface area contributed by atoms with Crippen molar-refractivity contribution in [1.29, 1.82) is 0 Å². The van der Waals surface area contributed by atoms with Gasteiger partial charge < -0.3 is 55.8 Å². The molecule has 0 saturated carbocycles. The van der Waals surface area contributed by atoms with Crippen LogP contribution in [0.2, 0.25) is 0 Å². The fourth-order valence-electron chi connectivity index (χ4n) is 5.36. The molecule has 0 atom stereocenters. The molecular formula is C33H32N4O15. The van der Waals surface area contributed by atoms with Gasteiger partial charge in [-0.2, -0.15) is 0 Å². The third-order valence-corrected chi connectivity index (χ3v) is 7.47. The molecule has 2 aliphatic rings. The second kappa shape index (κ2) is 16.3. The van der Waals surface area contributed by atoms with Gasteiger partial charge in [0, 0.05) is 35.2 Å². The first-order valence-corrected chi connectivity index (χ1v) is 15.1. The van der Waals surface area contributed by atoms with Gasteiger partial charge in [0.1, 0.15) is 42.5 Å². The van der Waals surface area contributed by atoms with E-state index < -0.39 is 78.6 Å². The summed E-state index contributed by atoms with van der Waals surface area (Å²) in [6.07, 6.45) is 0. The number of aromatic hydroxyl groups is 1. The minimum Gasteiger partial charge on any atom is -0.507 e. The van der Waals surface area contributed by atoms with E-state index in [0.29, 0.717) is 0 Å². The lowest BCUT2D eigenvalue weighted by Crippen LogP contribution is -2.37. The molecule has 2 amide bonds. The molecule has 0 bridgehead atoms. The van der Waals surface area contributed by atoms with Crippen molar-refractivity contribution in [3.05, 3.63) is 63.8 Å². The number of carboxylic acid groups (broad SMARTS) is 4. The summed E-state index contributed by atoms with van der Waals surface area (Å²) in [5.74, 6) is -7.89. The molecule has 19 heteroatoms. The molecule has 9 N–H and O–H groups in total. The molecule has 0 radical (unpaired) electrons. The summed E-state index contributed by atoms with van der Waals surface area (Å²) >= 11 is 0. The first-order chi connectivity index (χ1) is 24.5. The highest BCUT2D eigenvalue weighted by Gasteiger charge is 2.25. The zero-order valence-corrected chi connectivity index (χ0v) is 27.1. The number of benzene rings is 3. The van der Waals surface area contributed by atoms with E-state index in [1.165, 1.54) is 30.3 Å². The predicted molar refractivity (Wildman–Crippen MR) is 179 cm³/mol. The lowest BCUT2D eigenvalue weighted by atomic mass is 9.91. The Labute approximate surface area is 292 Å². The Bertz CT molecular complexity index is 2060. The van der Waals surface area contributed by atoms with Crippen molar-refractivity contribution in [2.24, 2.45) is 11.5 Å². The molecule has 52 heavy (non-hydrogen) atoms. The van der Waals surface area contributed by atoms with Gasteiger partial charge in [0.15, 0.2) is 5.43 Å². The van der Waals surface area contributed by atoms with Gasteiger partial charge >= 0.3 is 23.9 Å². The molecule has 2 aromatic rings. The number of phenols is 1. The lowest BCUT2D eigenvalue weighted by molar-refractivity contribution is -0.142. The molecule has 1 aliphatic heterocycles. The SMILES string of the molecule is NC(=O)c1cc2c(-c3ccc(N(CC(=O)O)CC(=O)O)c(OCCOCCN(CC(=O)O)CC(=O)O)c3)c3cc(C(N)=O)c(=O)cc-3oc2cc1O. The Morgan fingerprint density at radius 3 is 1.92 bits per heavy atom. The van der Waals surface area contributed by atoms with Crippen molar-refractivity contribution in [3.63, 3.8) is 0 Å². The number of carboxylic acids is 4. The smallest absolute Gasteiger partial charge is 0.323 e. The van der Waals surface area contributed by atoms with Crippen molar-refractivity contribution in [2.45, 2.75) is 0 Å². The van der Waals surface area contributed by atoms with E-state index in [-0.39, 0.29) is 76.8 Å². The van der Waals surface area contributed by atoms with Crippen LogP contribution in [0.1, 0.15) is 20.7 Å². The monoisotopic (exact) mass is 724 g/mol. The van der Waals surface area contributed by atoms with E-state index in [2.05, 4.69) is 0 Å². The van der Waals surface area contributed by atoms with Crippen LogP contribution in [0.25, 0.3) is 33.4 Å². The van der Waals surface area contributed by atoms with Crippen molar-refractivity contribution in [1.82, 2.24) is 4.90 Å². The van der Waals surface area contributed by atoms with Crippen LogP contribution < -0.4 is 26.5 Å². The van der Waals surface area contributed by atoms with E-state index in [4.69, 9.17) is 35.6 Å². The Balaban J connectivity index is 1.82. The van der Waals surface area contributed by atoms with Gasteiger partial charge in [0.05, 0.1) is 43.1 Å². The van der Waals surface area contributed by atoms with Gasteiger partial charge in [-0.25, -0.2) is 0 Å². The topological polar surface area (TPSA) is 311 Å². The molecule has 2 aromatic carbocycles. The van der Waals surface area contributed by atoms with Crippen LogP contribution in [0.5, 0.6) is 11.5 Å². The number of hydrogen-bond donors (Lipinski definition) is 7. The Hall–Kier alpha value is -6.73. The van der Waals surface area contributed by atoms with Crippen molar-refractivity contribution < 1.29 is 68.2 Å². The number of nitrogens with two attached hydrogens (primary N) is 2. The first-order valence-electron chi connectivity index (χ1n) is 15.1. The van der Waals surface area contributed by atoms with Crippen LogP contribution in [-0.2, 0) is 23.9 Å². The Kier molecular flexibility index (Phi) is 11.9. The fraction of sp³-hybridized carbons (Fsp3) is 0.242. The van der Waals surface area contributed by atoms with E-state index in [9.17, 15) is 48.9 Å². The third kappa shape index (κ3) is 9.28. The van der Waals surface area contributed by atoms with Crippen LogP contribution in [0.4, 0.5) is 5.69 Å². The summed E-state index contributed by atoms with van der Waals surface area (Å²) < 4.78 is 17.3. The number of carbonyl (C=O) groups is 6.